The molecule has 0 radical (unpaired) electrons. The Balaban J connectivity index is 2.31. The Morgan fingerprint density at radius 2 is 1.71 bits per heavy atom. The molecular weight excluding hydrogens is 270 g/mol. The molecule has 0 spiro atoms. The molecule has 0 atom stereocenters. The van der Waals surface area contributed by atoms with E-state index in [0.29, 0.717) is 5.69 Å². The SMILES string of the molecule is COC(=O)/C=C(/Nc1ccc2ccccc2c1)C(=O)OC. The second-order valence-corrected chi connectivity index (χ2v) is 4.26. The van der Waals surface area contributed by atoms with E-state index in [-0.39, 0.29) is 5.70 Å². The molecule has 0 aliphatic rings. The molecule has 0 saturated heterocycles. The molecule has 2 rings (SSSR count). The van der Waals surface area contributed by atoms with Crippen molar-refractivity contribution in [3.05, 3.63) is 54.2 Å². The van der Waals surface area contributed by atoms with Gasteiger partial charge in [-0.1, -0.05) is 30.3 Å². The van der Waals surface area contributed by atoms with E-state index in [1.807, 2.05) is 42.5 Å². The molecule has 5 heteroatoms. The molecule has 0 fully saturated rings. The van der Waals surface area contributed by atoms with Crippen molar-refractivity contribution < 1.29 is 19.1 Å². The van der Waals surface area contributed by atoms with Crippen LogP contribution in [-0.4, -0.2) is 26.2 Å². The summed E-state index contributed by atoms with van der Waals surface area (Å²) < 4.78 is 9.16. The number of rotatable bonds is 4. The molecule has 108 valence electrons. The van der Waals surface area contributed by atoms with Crippen molar-refractivity contribution in [2.75, 3.05) is 19.5 Å². The zero-order valence-corrected chi connectivity index (χ0v) is 11.8. The third-order valence-electron chi connectivity index (χ3n) is 2.90. The van der Waals surface area contributed by atoms with Gasteiger partial charge in [-0.3, -0.25) is 0 Å². The van der Waals surface area contributed by atoms with E-state index >= 15 is 0 Å². The minimum absolute atomic E-state index is 0.0135. The van der Waals surface area contributed by atoms with Crippen molar-refractivity contribution in [2.24, 2.45) is 0 Å². The van der Waals surface area contributed by atoms with E-state index in [9.17, 15) is 9.59 Å². The van der Waals surface area contributed by atoms with Crippen molar-refractivity contribution >= 4 is 28.4 Å². The van der Waals surface area contributed by atoms with Crippen LogP contribution in [0, 0.1) is 0 Å². The number of anilines is 1. The quantitative estimate of drug-likeness (QED) is 0.690. The van der Waals surface area contributed by atoms with Crippen LogP contribution in [0.4, 0.5) is 5.69 Å². The Hall–Kier alpha value is -2.82. The van der Waals surface area contributed by atoms with Gasteiger partial charge >= 0.3 is 11.9 Å². The van der Waals surface area contributed by atoms with Gasteiger partial charge in [0.25, 0.3) is 0 Å². The summed E-state index contributed by atoms with van der Waals surface area (Å²) in [5.74, 6) is -1.28. The maximum Gasteiger partial charge on any atom is 0.354 e. The summed E-state index contributed by atoms with van der Waals surface area (Å²) >= 11 is 0. The van der Waals surface area contributed by atoms with Crippen molar-refractivity contribution in [1.29, 1.82) is 0 Å². The summed E-state index contributed by atoms with van der Waals surface area (Å²) in [5.41, 5.74) is 0.689. The van der Waals surface area contributed by atoms with Crippen LogP contribution in [0.1, 0.15) is 0 Å². The molecule has 5 nitrogen and oxygen atoms in total. The van der Waals surface area contributed by atoms with Gasteiger partial charge in [0.1, 0.15) is 5.70 Å². The molecule has 0 aliphatic carbocycles. The lowest BCUT2D eigenvalue weighted by Gasteiger charge is -2.09. The van der Waals surface area contributed by atoms with Crippen molar-refractivity contribution in [2.45, 2.75) is 0 Å². The summed E-state index contributed by atoms with van der Waals surface area (Å²) in [7, 11) is 2.49. The lowest BCUT2D eigenvalue weighted by Crippen LogP contribution is -2.15. The Kier molecular flexibility index (Phi) is 4.56. The lowest BCUT2D eigenvalue weighted by atomic mass is 10.1. The molecule has 1 N–H and O–H groups in total. The first-order valence-corrected chi connectivity index (χ1v) is 6.28. The van der Waals surface area contributed by atoms with Gasteiger partial charge < -0.3 is 14.8 Å². The molecule has 0 amide bonds. The molecule has 0 unspecified atom stereocenters. The lowest BCUT2D eigenvalue weighted by molar-refractivity contribution is -0.138. The van der Waals surface area contributed by atoms with Gasteiger partial charge in [-0.05, 0) is 22.9 Å². The van der Waals surface area contributed by atoms with E-state index < -0.39 is 11.9 Å². The average Bonchev–Trinajstić information content (AvgIpc) is 2.53. The molecule has 0 aromatic heterocycles. The van der Waals surface area contributed by atoms with Gasteiger partial charge in [0.2, 0.25) is 0 Å². The number of hydrogen-bond acceptors (Lipinski definition) is 5. The largest absolute Gasteiger partial charge is 0.466 e. The maximum absolute atomic E-state index is 11.7. The fourth-order valence-electron chi connectivity index (χ4n) is 1.86. The van der Waals surface area contributed by atoms with Crippen LogP contribution in [0.3, 0.4) is 0 Å². The number of methoxy groups -OCH3 is 2. The number of ether oxygens (including phenoxy) is 2. The van der Waals surface area contributed by atoms with Crippen molar-refractivity contribution in [3.63, 3.8) is 0 Å². The Bertz CT molecular complexity index is 706. The van der Waals surface area contributed by atoms with Crippen LogP contribution in [-0.2, 0) is 19.1 Å². The summed E-state index contributed by atoms with van der Waals surface area (Å²) in [6.07, 6.45) is 1.06. The van der Waals surface area contributed by atoms with Gasteiger partial charge in [-0.2, -0.15) is 0 Å². The van der Waals surface area contributed by atoms with Gasteiger partial charge in [-0.15, -0.1) is 0 Å². The van der Waals surface area contributed by atoms with Gasteiger partial charge in [0.15, 0.2) is 0 Å². The van der Waals surface area contributed by atoms with Crippen molar-refractivity contribution in [1.82, 2.24) is 0 Å². The van der Waals surface area contributed by atoms with Crippen LogP contribution in [0.25, 0.3) is 10.8 Å². The van der Waals surface area contributed by atoms with E-state index in [4.69, 9.17) is 0 Å². The van der Waals surface area contributed by atoms with E-state index in [2.05, 4.69) is 14.8 Å². The van der Waals surface area contributed by atoms with Crippen LogP contribution < -0.4 is 5.32 Å². The minimum Gasteiger partial charge on any atom is -0.466 e. The first-order chi connectivity index (χ1) is 10.1. The number of nitrogens with one attached hydrogen (secondary N) is 1. The number of fused-ring (bicyclic) bond motifs is 1. The minimum atomic E-state index is -0.645. The predicted molar refractivity (Wildman–Crippen MR) is 79.7 cm³/mol. The number of carbonyl (C=O) groups excluding carboxylic acids is 2. The standard InChI is InChI=1S/C16H15NO4/c1-20-15(18)10-14(16(19)21-2)17-13-8-7-11-5-3-4-6-12(11)9-13/h3-10,17H,1-2H3/b14-10+. The fourth-order valence-corrected chi connectivity index (χ4v) is 1.86. The smallest absolute Gasteiger partial charge is 0.354 e. The Labute approximate surface area is 122 Å². The number of hydrogen-bond donors (Lipinski definition) is 1. The fraction of sp³-hybridized carbons (Fsp3) is 0.125. The predicted octanol–water partition coefficient (Wildman–Crippen LogP) is 2.48. The zero-order valence-electron chi connectivity index (χ0n) is 11.8. The molecule has 0 aliphatic heterocycles. The normalized spacial score (nSPS) is 11.0. The molecule has 21 heavy (non-hydrogen) atoms. The summed E-state index contributed by atoms with van der Waals surface area (Å²) in [5, 5.41) is 4.97. The maximum atomic E-state index is 11.7. The van der Waals surface area contributed by atoms with Crippen molar-refractivity contribution in [3.8, 4) is 0 Å². The first-order valence-electron chi connectivity index (χ1n) is 6.28. The number of esters is 2. The second kappa shape index (κ2) is 6.56. The third kappa shape index (κ3) is 3.60. The molecule has 2 aromatic rings. The van der Waals surface area contributed by atoms with Gasteiger partial charge in [0, 0.05) is 5.69 Å². The molecule has 0 saturated carbocycles. The topological polar surface area (TPSA) is 64.6 Å². The van der Waals surface area contributed by atoms with Gasteiger partial charge in [-0.25, -0.2) is 9.59 Å². The molecule has 2 aromatic carbocycles. The Morgan fingerprint density at radius 3 is 2.38 bits per heavy atom. The highest BCUT2D eigenvalue weighted by Crippen LogP contribution is 2.20. The van der Waals surface area contributed by atoms with E-state index in [1.165, 1.54) is 14.2 Å². The summed E-state index contributed by atoms with van der Waals surface area (Å²) in [6, 6.07) is 13.4. The van der Waals surface area contributed by atoms with Crippen LogP contribution >= 0.6 is 0 Å². The second-order valence-electron chi connectivity index (χ2n) is 4.26. The molecular formula is C16H15NO4. The monoisotopic (exact) mass is 285 g/mol. The van der Waals surface area contributed by atoms with Crippen LogP contribution in [0.2, 0.25) is 0 Å². The summed E-state index contributed by atoms with van der Waals surface area (Å²) in [4.78, 5) is 23.0. The summed E-state index contributed by atoms with van der Waals surface area (Å²) in [6.45, 7) is 0. The van der Waals surface area contributed by atoms with E-state index in [0.717, 1.165) is 16.8 Å². The highest BCUT2D eigenvalue weighted by Gasteiger charge is 2.12. The van der Waals surface area contributed by atoms with Crippen LogP contribution in [0.15, 0.2) is 54.2 Å². The number of carbonyl (C=O) groups is 2. The highest BCUT2D eigenvalue weighted by atomic mass is 16.5. The molecule has 0 bridgehead atoms. The highest BCUT2D eigenvalue weighted by molar-refractivity contribution is 5.99. The first kappa shape index (κ1) is 14.6. The van der Waals surface area contributed by atoms with Crippen LogP contribution in [0.5, 0.6) is 0 Å². The average molecular weight is 285 g/mol. The van der Waals surface area contributed by atoms with E-state index in [1.54, 1.807) is 0 Å². The zero-order chi connectivity index (χ0) is 15.2. The van der Waals surface area contributed by atoms with Gasteiger partial charge in [0.05, 0.1) is 20.3 Å². The Morgan fingerprint density at radius 1 is 1.00 bits per heavy atom. The molecule has 0 heterocycles. The number of benzene rings is 2. The third-order valence-corrected chi connectivity index (χ3v) is 2.90.